The number of carbonyl (C=O) groups is 1. The number of hydrogen-bond acceptors (Lipinski definition) is 3. The predicted molar refractivity (Wildman–Crippen MR) is 69.4 cm³/mol. The third kappa shape index (κ3) is 4.49. The maximum atomic E-state index is 11.7. The summed E-state index contributed by atoms with van der Waals surface area (Å²) in [5.41, 5.74) is 0. The standard InChI is InChI=1S/C13H16ClNO2/c1-10(12(16)8-9-15(2)3)17-13-7-5-4-6-11(13)14/h4-10H,1-3H3/b9-8+/t10-/m1/s1. The van der Waals surface area contributed by atoms with E-state index in [9.17, 15) is 4.79 Å². The number of para-hydroxylation sites is 1. The van der Waals surface area contributed by atoms with Crippen LogP contribution in [-0.2, 0) is 4.79 Å². The lowest BCUT2D eigenvalue weighted by molar-refractivity contribution is -0.120. The Bertz CT molecular complexity index is 416. The zero-order valence-corrected chi connectivity index (χ0v) is 10.9. The van der Waals surface area contributed by atoms with E-state index < -0.39 is 6.10 Å². The first-order valence-corrected chi connectivity index (χ1v) is 5.68. The molecular weight excluding hydrogens is 238 g/mol. The summed E-state index contributed by atoms with van der Waals surface area (Å²) in [6.45, 7) is 1.70. The van der Waals surface area contributed by atoms with Crippen molar-refractivity contribution in [3.05, 3.63) is 41.6 Å². The molecule has 1 aromatic carbocycles. The summed E-state index contributed by atoms with van der Waals surface area (Å²) in [5, 5.41) is 0.503. The Labute approximate surface area is 107 Å². The monoisotopic (exact) mass is 253 g/mol. The largest absolute Gasteiger partial charge is 0.481 e. The van der Waals surface area contributed by atoms with Gasteiger partial charge in [0.15, 0.2) is 11.9 Å². The summed E-state index contributed by atoms with van der Waals surface area (Å²) >= 11 is 5.94. The molecule has 0 fully saturated rings. The highest BCUT2D eigenvalue weighted by molar-refractivity contribution is 6.32. The molecule has 0 aromatic heterocycles. The highest BCUT2D eigenvalue weighted by Gasteiger charge is 2.13. The van der Waals surface area contributed by atoms with Gasteiger partial charge < -0.3 is 9.64 Å². The van der Waals surface area contributed by atoms with Crippen molar-refractivity contribution in [2.75, 3.05) is 14.1 Å². The van der Waals surface area contributed by atoms with Crippen LogP contribution in [0.3, 0.4) is 0 Å². The molecule has 0 aliphatic carbocycles. The normalized spacial score (nSPS) is 12.5. The number of ether oxygens (including phenoxy) is 1. The van der Waals surface area contributed by atoms with E-state index in [4.69, 9.17) is 16.3 Å². The van der Waals surface area contributed by atoms with Crippen molar-refractivity contribution in [1.29, 1.82) is 0 Å². The molecule has 0 spiro atoms. The Morgan fingerprint density at radius 2 is 2.06 bits per heavy atom. The van der Waals surface area contributed by atoms with Gasteiger partial charge in [0.1, 0.15) is 5.75 Å². The molecule has 92 valence electrons. The highest BCUT2D eigenvalue weighted by atomic mass is 35.5. The van der Waals surface area contributed by atoms with Crippen molar-refractivity contribution < 1.29 is 9.53 Å². The Morgan fingerprint density at radius 1 is 1.41 bits per heavy atom. The van der Waals surface area contributed by atoms with Crippen molar-refractivity contribution >= 4 is 17.4 Å². The number of ketones is 1. The summed E-state index contributed by atoms with van der Waals surface area (Å²) in [5.74, 6) is 0.423. The maximum Gasteiger partial charge on any atom is 0.197 e. The van der Waals surface area contributed by atoms with Gasteiger partial charge in [-0.1, -0.05) is 23.7 Å². The molecule has 0 radical (unpaired) electrons. The van der Waals surface area contributed by atoms with Crippen LogP contribution < -0.4 is 4.74 Å². The number of carbonyl (C=O) groups excluding carboxylic acids is 1. The van der Waals surface area contributed by atoms with Crippen LogP contribution in [0.4, 0.5) is 0 Å². The molecule has 0 N–H and O–H groups in total. The fraction of sp³-hybridized carbons (Fsp3) is 0.308. The molecule has 0 bridgehead atoms. The quantitative estimate of drug-likeness (QED) is 0.756. The highest BCUT2D eigenvalue weighted by Crippen LogP contribution is 2.24. The topological polar surface area (TPSA) is 29.5 Å². The lowest BCUT2D eigenvalue weighted by Crippen LogP contribution is -2.22. The fourth-order valence-electron chi connectivity index (χ4n) is 1.15. The summed E-state index contributed by atoms with van der Waals surface area (Å²) in [7, 11) is 3.70. The van der Waals surface area contributed by atoms with Crippen LogP contribution >= 0.6 is 11.6 Å². The molecule has 3 nitrogen and oxygen atoms in total. The van der Waals surface area contributed by atoms with E-state index in [0.717, 1.165) is 0 Å². The van der Waals surface area contributed by atoms with Gasteiger partial charge in [-0.2, -0.15) is 0 Å². The SMILES string of the molecule is C[C@@H](Oc1ccccc1Cl)C(=O)/C=C/N(C)C. The maximum absolute atomic E-state index is 11.7. The minimum Gasteiger partial charge on any atom is -0.481 e. The summed E-state index contributed by atoms with van der Waals surface area (Å²) in [6, 6.07) is 7.09. The van der Waals surface area contributed by atoms with Gasteiger partial charge in [-0.3, -0.25) is 4.79 Å². The Balaban J connectivity index is 2.63. The zero-order chi connectivity index (χ0) is 12.8. The number of benzene rings is 1. The van der Waals surface area contributed by atoms with Gasteiger partial charge in [-0.25, -0.2) is 0 Å². The molecule has 4 heteroatoms. The van der Waals surface area contributed by atoms with Crippen LogP contribution in [0.1, 0.15) is 6.92 Å². The molecule has 1 atom stereocenters. The van der Waals surface area contributed by atoms with Crippen LogP contribution in [-0.4, -0.2) is 30.9 Å². The van der Waals surface area contributed by atoms with Crippen LogP contribution in [0.2, 0.25) is 5.02 Å². The van der Waals surface area contributed by atoms with Crippen LogP contribution in [0.5, 0.6) is 5.75 Å². The minimum absolute atomic E-state index is 0.0985. The van der Waals surface area contributed by atoms with E-state index in [2.05, 4.69) is 0 Å². The molecule has 0 heterocycles. The molecule has 1 rings (SSSR count). The van der Waals surface area contributed by atoms with E-state index in [1.165, 1.54) is 6.08 Å². The van der Waals surface area contributed by atoms with Gasteiger partial charge in [0.05, 0.1) is 5.02 Å². The third-order valence-electron chi connectivity index (χ3n) is 2.08. The second-order valence-electron chi connectivity index (χ2n) is 3.87. The minimum atomic E-state index is -0.550. The van der Waals surface area contributed by atoms with Crippen molar-refractivity contribution in [3.8, 4) is 5.75 Å². The van der Waals surface area contributed by atoms with Gasteiger partial charge in [0.25, 0.3) is 0 Å². The van der Waals surface area contributed by atoms with Gasteiger partial charge in [0.2, 0.25) is 0 Å². The fourth-order valence-corrected chi connectivity index (χ4v) is 1.33. The van der Waals surface area contributed by atoms with Crippen molar-refractivity contribution in [2.24, 2.45) is 0 Å². The lowest BCUT2D eigenvalue weighted by atomic mass is 10.2. The van der Waals surface area contributed by atoms with Crippen LogP contribution in [0, 0.1) is 0 Å². The molecule has 17 heavy (non-hydrogen) atoms. The van der Waals surface area contributed by atoms with E-state index in [-0.39, 0.29) is 5.78 Å². The third-order valence-corrected chi connectivity index (χ3v) is 2.39. The average molecular weight is 254 g/mol. The Morgan fingerprint density at radius 3 is 2.65 bits per heavy atom. The second-order valence-corrected chi connectivity index (χ2v) is 4.28. The average Bonchev–Trinajstić information content (AvgIpc) is 2.28. The molecule has 0 amide bonds. The first-order chi connectivity index (χ1) is 8.00. The molecule has 0 aliphatic rings. The first kappa shape index (κ1) is 13.6. The van der Waals surface area contributed by atoms with Crippen LogP contribution in [0.25, 0.3) is 0 Å². The van der Waals surface area contributed by atoms with Gasteiger partial charge >= 0.3 is 0 Å². The summed E-state index contributed by atoms with van der Waals surface area (Å²) < 4.78 is 5.49. The van der Waals surface area contributed by atoms with E-state index in [1.807, 2.05) is 26.2 Å². The van der Waals surface area contributed by atoms with E-state index >= 15 is 0 Å². The molecule has 0 aliphatic heterocycles. The van der Waals surface area contributed by atoms with E-state index in [1.54, 1.807) is 30.2 Å². The first-order valence-electron chi connectivity index (χ1n) is 5.30. The summed E-state index contributed by atoms with van der Waals surface area (Å²) in [4.78, 5) is 13.5. The Hall–Kier alpha value is -1.48. The predicted octanol–water partition coefficient (Wildman–Crippen LogP) is 2.75. The Kier molecular flexibility index (Phi) is 5.04. The van der Waals surface area contributed by atoms with Crippen molar-refractivity contribution in [2.45, 2.75) is 13.0 Å². The number of halogens is 1. The molecule has 0 saturated heterocycles. The molecule has 0 saturated carbocycles. The molecule has 1 aromatic rings. The smallest absolute Gasteiger partial charge is 0.197 e. The van der Waals surface area contributed by atoms with Crippen molar-refractivity contribution in [1.82, 2.24) is 4.90 Å². The molecular formula is C13H16ClNO2. The van der Waals surface area contributed by atoms with Gasteiger partial charge in [-0.05, 0) is 19.1 Å². The van der Waals surface area contributed by atoms with Gasteiger partial charge in [-0.15, -0.1) is 0 Å². The van der Waals surface area contributed by atoms with Crippen LogP contribution in [0.15, 0.2) is 36.5 Å². The second kappa shape index (κ2) is 6.30. The number of nitrogens with zero attached hydrogens (tertiary/aromatic N) is 1. The summed E-state index contributed by atoms with van der Waals surface area (Å²) in [6.07, 6.45) is 2.63. The number of hydrogen-bond donors (Lipinski definition) is 0. The zero-order valence-electron chi connectivity index (χ0n) is 10.2. The van der Waals surface area contributed by atoms with Gasteiger partial charge in [0, 0.05) is 26.4 Å². The molecule has 0 unspecified atom stereocenters. The lowest BCUT2D eigenvalue weighted by Gasteiger charge is -2.13. The number of rotatable bonds is 5. The van der Waals surface area contributed by atoms with E-state index in [0.29, 0.717) is 10.8 Å². The van der Waals surface area contributed by atoms with Crippen molar-refractivity contribution in [3.63, 3.8) is 0 Å².